The normalized spacial score (nSPS) is 11.5. The van der Waals surface area contributed by atoms with Gasteiger partial charge in [0.25, 0.3) is 0 Å². The van der Waals surface area contributed by atoms with Crippen molar-refractivity contribution in [3.05, 3.63) is 41.5 Å². The van der Waals surface area contributed by atoms with E-state index in [0.717, 1.165) is 31.2 Å². The topological polar surface area (TPSA) is 103 Å². The minimum Gasteiger partial charge on any atom is -0.496 e. The zero-order valence-electron chi connectivity index (χ0n) is 15.2. The van der Waals surface area contributed by atoms with Crippen LogP contribution in [0.1, 0.15) is 55.4 Å². The molecule has 1 heterocycles. The average molecular weight is 383 g/mol. The maximum atomic E-state index is 12.4. The average Bonchev–Trinajstić information content (AvgIpc) is 3.05. The number of hydrogen-bond donors (Lipinski definition) is 2. The summed E-state index contributed by atoms with van der Waals surface area (Å²) in [6, 6.07) is 6.98. The van der Waals surface area contributed by atoms with Gasteiger partial charge in [-0.1, -0.05) is 36.2 Å². The van der Waals surface area contributed by atoms with Gasteiger partial charge in [0.05, 0.1) is 7.11 Å². The molecule has 2 aromatic rings. The number of benzene rings is 1. The molecule has 0 spiro atoms. The van der Waals surface area contributed by atoms with Crippen LogP contribution in [0.3, 0.4) is 0 Å². The van der Waals surface area contributed by atoms with E-state index in [1.807, 2.05) is 24.3 Å². The number of ether oxygens (including phenoxy) is 1. The van der Waals surface area contributed by atoms with E-state index in [1.165, 1.54) is 0 Å². The van der Waals surface area contributed by atoms with Gasteiger partial charge in [0.1, 0.15) is 11.8 Å². The quantitative estimate of drug-likeness (QED) is 0.612. The smallest absolute Gasteiger partial charge is 0.223 e. The van der Waals surface area contributed by atoms with Gasteiger partial charge in [0.2, 0.25) is 11.8 Å². The van der Waals surface area contributed by atoms with Crippen molar-refractivity contribution in [2.75, 3.05) is 13.7 Å². The molecule has 1 aromatic heterocycles. The molecule has 0 aliphatic carbocycles. The fraction of sp³-hybridized carbons (Fsp3) is 0.500. The van der Waals surface area contributed by atoms with Crippen LogP contribution in [0, 0.1) is 6.92 Å². The van der Waals surface area contributed by atoms with Crippen LogP contribution in [0.2, 0.25) is 0 Å². The van der Waals surface area contributed by atoms with E-state index in [9.17, 15) is 4.79 Å². The minimum absolute atomic E-state index is 0. The number of halogens is 1. The number of rotatable bonds is 10. The molecular formula is C18H27ClN4O3. The Kier molecular flexibility index (Phi) is 9.69. The number of para-hydroxylation sites is 1. The molecule has 0 bridgehead atoms. The van der Waals surface area contributed by atoms with Crippen LogP contribution in [0.25, 0.3) is 0 Å². The van der Waals surface area contributed by atoms with E-state index in [2.05, 4.69) is 15.5 Å². The van der Waals surface area contributed by atoms with Crippen LogP contribution in [0.5, 0.6) is 5.75 Å². The monoisotopic (exact) mass is 382 g/mol. The molecule has 1 atom stereocenters. The van der Waals surface area contributed by atoms with E-state index >= 15 is 0 Å². The Morgan fingerprint density at radius 3 is 2.65 bits per heavy atom. The van der Waals surface area contributed by atoms with Crippen molar-refractivity contribution in [3.8, 4) is 5.75 Å². The lowest BCUT2D eigenvalue weighted by atomic mass is 10.0. The highest BCUT2D eigenvalue weighted by atomic mass is 35.5. The fourth-order valence-corrected chi connectivity index (χ4v) is 2.64. The molecular weight excluding hydrogens is 356 g/mol. The second-order valence-corrected chi connectivity index (χ2v) is 5.87. The Labute approximate surface area is 160 Å². The van der Waals surface area contributed by atoms with Crippen molar-refractivity contribution < 1.29 is 14.1 Å². The number of carbonyl (C=O) groups excluding carboxylic acids is 1. The third-order valence-electron chi connectivity index (χ3n) is 3.91. The zero-order valence-corrected chi connectivity index (χ0v) is 16.1. The highest BCUT2D eigenvalue weighted by Gasteiger charge is 2.24. The number of unbranched alkanes of at least 4 members (excludes halogenated alkanes) is 3. The first-order valence-electron chi connectivity index (χ1n) is 8.58. The molecule has 0 saturated carbocycles. The molecule has 0 aliphatic rings. The van der Waals surface area contributed by atoms with Crippen LogP contribution in [-0.2, 0) is 4.79 Å². The summed E-state index contributed by atoms with van der Waals surface area (Å²) >= 11 is 0. The lowest BCUT2D eigenvalue weighted by Gasteiger charge is -2.18. The number of nitrogens with two attached hydrogens (primary N) is 1. The summed E-state index contributed by atoms with van der Waals surface area (Å²) in [6.45, 7) is 2.41. The van der Waals surface area contributed by atoms with Crippen LogP contribution in [0.4, 0.5) is 0 Å². The van der Waals surface area contributed by atoms with E-state index in [1.54, 1.807) is 14.0 Å². The van der Waals surface area contributed by atoms with Crippen LogP contribution in [-0.4, -0.2) is 29.7 Å². The molecule has 3 N–H and O–H groups in total. The zero-order chi connectivity index (χ0) is 18.1. The number of aryl methyl sites for hydroxylation is 1. The van der Waals surface area contributed by atoms with Gasteiger partial charge in [0.15, 0.2) is 5.82 Å². The van der Waals surface area contributed by atoms with E-state index in [-0.39, 0.29) is 18.3 Å². The Hall–Kier alpha value is -2.12. The lowest BCUT2D eigenvalue weighted by Crippen LogP contribution is -2.30. The van der Waals surface area contributed by atoms with Crippen LogP contribution >= 0.6 is 12.4 Å². The first-order chi connectivity index (χ1) is 12.2. The Morgan fingerprint density at radius 1 is 1.27 bits per heavy atom. The lowest BCUT2D eigenvalue weighted by molar-refractivity contribution is -0.121. The summed E-state index contributed by atoms with van der Waals surface area (Å²) in [4.78, 5) is 16.7. The highest BCUT2D eigenvalue weighted by molar-refractivity contribution is 5.85. The molecule has 1 amide bonds. The number of hydrogen-bond acceptors (Lipinski definition) is 6. The minimum atomic E-state index is -0.509. The Morgan fingerprint density at radius 2 is 2.00 bits per heavy atom. The summed E-state index contributed by atoms with van der Waals surface area (Å²) < 4.78 is 10.5. The predicted molar refractivity (Wildman–Crippen MR) is 101 cm³/mol. The molecule has 2 rings (SSSR count). The van der Waals surface area contributed by atoms with Crippen molar-refractivity contribution in [3.63, 3.8) is 0 Å². The molecule has 7 nitrogen and oxygen atoms in total. The van der Waals surface area contributed by atoms with Gasteiger partial charge in [-0.05, 0) is 25.5 Å². The molecule has 1 aromatic carbocycles. The maximum absolute atomic E-state index is 12.4. The van der Waals surface area contributed by atoms with Crippen molar-refractivity contribution in [2.24, 2.45) is 5.73 Å². The molecule has 0 radical (unpaired) electrons. The SMILES string of the molecule is COc1ccccc1C(NC(=O)CCCCCCN)c1noc(C)n1.Cl. The van der Waals surface area contributed by atoms with E-state index in [0.29, 0.717) is 30.4 Å². The van der Waals surface area contributed by atoms with Crippen molar-refractivity contribution in [2.45, 2.75) is 45.1 Å². The first kappa shape index (κ1) is 21.9. The third kappa shape index (κ3) is 6.31. The Balaban J connectivity index is 0.00000338. The van der Waals surface area contributed by atoms with Crippen LogP contribution < -0.4 is 15.8 Å². The van der Waals surface area contributed by atoms with Gasteiger partial charge in [-0.2, -0.15) is 4.98 Å². The van der Waals surface area contributed by atoms with Crippen molar-refractivity contribution in [1.29, 1.82) is 0 Å². The van der Waals surface area contributed by atoms with Gasteiger partial charge in [-0.3, -0.25) is 4.79 Å². The molecule has 8 heteroatoms. The maximum Gasteiger partial charge on any atom is 0.223 e. The molecule has 144 valence electrons. The number of carbonyl (C=O) groups is 1. The van der Waals surface area contributed by atoms with Gasteiger partial charge < -0.3 is 20.3 Å². The molecule has 1 unspecified atom stereocenters. The van der Waals surface area contributed by atoms with E-state index < -0.39 is 6.04 Å². The number of nitrogens with one attached hydrogen (secondary N) is 1. The number of methoxy groups -OCH3 is 1. The van der Waals surface area contributed by atoms with Crippen LogP contribution in [0.15, 0.2) is 28.8 Å². The predicted octanol–water partition coefficient (Wildman–Crippen LogP) is 2.92. The first-order valence-corrected chi connectivity index (χ1v) is 8.58. The van der Waals surface area contributed by atoms with Crippen molar-refractivity contribution in [1.82, 2.24) is 15.5 Å². The highest BCUT2D eigenvalue weighted by Crippen LogP contribution is 2.28. The van der Waals surface area contributed by atoms with E-state index in [4.69, 9.17) is 15.0 Å². The molecule has 0 fully saturated rings. The van der Waals surface area contributed by atoms with Gasteiger partial charge in [-0.15, -0.1) is 12.4 Å². The Bertz CT molecular complexity index is 678. The molecule has 0 aliphatic heterocycles. The molecule has 0 saturated heterocycles. The number of amides is 1. The van der Waals surface area contributed by atoms with Gasteiger partial charge in [-0.25, -0.2) is 0 Å². The second kappa shape index (κ2) is 11.5. The fourth-order valence-electron chi connectivity index (χ4n) is 2.64. The largest absolute Gasteiger partial charge is 0.496 e. The summed E-state index contributed by atoms with van der Waals surface area (Å²) in [5, 5.41) is 6.97. The molecule has 26 heavy (non-hydrogen) atoms. The third-order valence-corrected chi connectivity index (χ3v) is 3.91. The van der Waals surface area contributed by atoms with Crippen molar-refractivity contribution >= 4 is 18.3 Å². The van der Waals surface area contributed by atoms with Gasteiger partial charge in [0, 0.05) is 18.9 Å². The second-order valence-electron chi connectivity index (χ2n) is 5.87. The summed E-state index contributed by atoms with van der Waals surface area (Å²) in [7, 11) is 1.59. The summed E-state index contributed by atoms with van der Waals surface area (Å²) in [5.41, 5.74) is 6.27. The summed E-state index contributed by atoms with van der Waals surface area (Å²) in [5.74, 6) is 1.48. The number of aromatic nitrogens is 2. The van der Waals surface area contributed by atoms with Gasteiger partial charge >= 0.3 is 0 Å². The number of nitrogens with zero attached hydrogens (tertiary/aromatic N) is 2. The summed E-state index contributed by atoms with van der Waals surface area (Å²) in [6.07, 6.45) is 4.31. The standard InChI is InChI=1S/C18H26N4O3.ClH/c1-13-20-18(22-25-13)17(14-9-6-7-10-15(14)24-2)21-16(23)11-5-3-4-8-12-19;/h6-7,9-10,17H,3-5,8,11-12,19H2,1-2H3,(H,21,23);1H.